The Morgan fingerprint density at radius 2 is 1.89 bits per heavy atom. The normalized spacial score (nSPS) is 16.1. The summed E-state index contributed by atoms with van der Waals surface area (Å²) in [5.41, 5.74) is 2.78. The van der Waals surface area contributed by atoms with Crippen LogP contribution in [0.1, 0.15) is 5.82 Å². The van der Waals surface area contributed by atoms with E-state index in [1.54, 1.807) is 12.1 Å². The maximum atomic E-state index is 13.1. The minimum atomic E-state index is -0.238. The predicted octanol–water partition coefficient (Wildman–Crippen LogP) is 1.90. The number of imidazole rings is 1. The zero-order valence-corrected chi connectivity index (χ0v) is 15.3. The number of rotatable bonds is 4. The minimum Gasteiger partial charge on any atom is -0.506 e. The average Bonchev–Trinajstić information content (AvgIpc) is 3.13. The maximum Gasteiger partial charge on any atom is 0.169 e. The van der Waals surface area contributed by atoms with Crippen molar-refractivity contribution in [3.05, 3.63) is 65.9 Å². The van der Waals surface area contributed by atoms with Crippen molar-refractivity contribution < 1.29 is 14.4 Å². The van der Waals surface area contributed by atoms with E-state index in [-0.39, 0.29) is 17.1 Å². The molecule has 0 unspecified atom stereocenters. The molecule has 0 atom stereocenters. The first kappa shape index (κ1) is 18.0. The highest BCUT2D eigenvalue weighted by Crippen LogP contribution is 2.18. The zero-order chi connectivity index (χ0) is 19.5. The molecule has 28 heavy (non-hydrogen) atoms. The fourth-order valence-corrected chi connectivity index (χ4v) is 3.56. The molecule has 2 aromatic carbocycles. The van der Waals surface area contributed by atoms with E-state index in [0.29, 0.717) is 12.4 Å². The lowest BCUT2D eigenvalue weighted by Gasteiger charge is -2.33. The molecular formula is C21H21FN5O+. The maximum absolute atomic E-state index is 13.1. The number of allylic oxidation sites excluding steroid dienone is 1. The number of para-hydroxylation sites is 2. The third kappa shape index (κ3) is 3.68. The number of hydrogen-bond acceptors (Lipinski definition) is 4. The highest BCUT2D eigenvalue weighted by Gasteiger charge is 2.23. The molecular weight excluding hydrogens is 357 g/mol. The van der Waals surface area contributed by atoms with Gasteiger partial charge in [0.15, 0.2) is 11.6 Å². The Morgan fingerprint density at radius 3 is 2.57 bits per heavy atom. The first-order valence-electron chi connectivity index (χ1n) is 9.25. The Hall–Kier alpha value is -3.37. The molecule has 1 aromatic heterocycles. The van der Waals surface area contributed by atoms with Crippen LogP contribution in [0.4, 0.5) is 10.1 Å². The third-order valence-corrected chi connectivity index (χ3v) is 5.11. The Labute approximate surface area is 162 Å². The molecule has 1 aliphatic heterocycles. The van der Waals surface area contributed by atoms with Gasteiger partial charge in [0.25, 0.3) is 0 Å². The number of aromatic nitrogens is 2. The van der Waals surface area contributed by atoms with Gasteiger partial charge in [-0.3, -0.25) is 0 Å². The molecule has 3 N–H and O–H groups in total. The monoisotopic (exact) mass is 378 g/mol. The van der Waals surface area contributed by atoms with Crippen molar-refractivity contribution in [1.29, 1.82) is 5.26 Å². The third-order valence-electron chi connectivity index (χ3n) is 5.11. The molecule has 3 aromatic rings. The number of quaternary nitrogens is 1. The number of aliphatic hydroxyl groups excluding tert-OH is 1. The van der Waals surface area contributed by atoms with E-state index < -0.39 is 0 Å². The number of halogens is 1. The van der Waals surface area contributed by atoms with Crippen molar-refractivity contribution >= 4 is 22.3 Å². The van der Waals surface area contributed by atoms with Gasteiger partial charge < -0.3 is 19.9 Å². The van der Waals surface area contributed by atoms with E-state index in [2.05, 4.69) is 20.9 Å². The lowest BCUT2D eigenvalue weighted by atomic mass is 10.2. The van der Waals surface area contributed by atoms with Crippen LogP contribution in [0, 0.1) is 17.1 Å². The van der Waals surface area contributed by atoms with Gasteiger partial charge in [0.05, 0.1) is 37.2 Å². The molecule has 4 rings (SSSR count). The van der Waals surface area contributed by atoms with E-state index >= 15 is 0 Å². The summed E-state index contributed by atoms with van der Waals surface area (Å²) in [6, 6.07) is 16.1. The summed E-state index contributed by atoms with van der Waals surface area (Å²) in [6.07, 6.45) is 0. The summed E-state index contributed by atoms with van der Waals surface area (Å²) in [7, 11) is 0. The first-order chi connectivity index (χ1) is 13.6. The molecule has 1 saturated heterocycles. The number of benzene rings is 2. The van der Waals surface area contributed by atoms with E-state index in [4.69, 9.17) is 0 Å². The lowest BCUT2D eigenvalue weighted by Crippen LogP contribution is -3.15. The average molecular weight is 378 g/mol. The second-order valence-electron chi connectivity index (χ2n) is 6.93. The van der Waals surface area contributed by atoms with E-state index in [0.717, 1.165) is 42.9 Å². The summed E-state index contributed by atoms with van der Waals surface area (Å²) in [6.45, 7) is 3.62. The summed E-state index contributed by atoms with van der Waals surface area (Å²) >= 11 is 0. The number of nitrogens with one attached hydrogen (secondary N) is 2. The van der Waals surface area contributed by atoms with Gasteiger partial charge in [-0.15, -0.1) is 0 Å². The van der Waals surface area contributed by atoms with Crippen LogP contribution in [0.5, 0.6) is 0 Å². The molecule has 1 aliphatic rings. The number of aromatic amines is 1. The van der Waals surface area contributed by atoms with Crippen molar-refractivity contribution in [1.82, 2.24) is 9.97 Å². The number of H-pyrrole nitrogens is 1. The molecule has 0 saturated carbocycles. The van der Waals surface area contributed by atoms with Gasteiger partial charge in [0.2, 0.25) is 0 Å². The Morgan fingerprint density at radius 1 is 1.18 bits per heavy atom. The van der Waals surface area contributed by atoms with Crippen molar-refractivity contribution in [2.45, 2.75) is 0 Å². The number of aliphatic hydroxyl groups is 1. The van der Waals surface area contributed by atoms with Crippen molar-refractivity contribution in [3.63, 3.8) is 0 Å². The Balaban J connectivity index is 1.44. The van der Waals surface area contributed by atoms with Crippen LogP contribution >= 0.6 is 0 Å². The molecule has 0 radical (unpaired) electrons. The molecule has 1 fully saturated rings. The smallest absolute Gasteiger partial charge is 0.169 e. The van der Waals surface area contributed by atoms with Gasteiger partial charge in [0.1, 0.15) is 24.0 Å². The van der Waals surface area contributed by atoms with Gasteiger partial charge >= 0.3 is 0 Å². The van der Waals surface area contributed by atoms with E-state index in [1.807, 2.05) is 24.3 Å². The molecule has 0 aliphatic carbocycles. The number of hydrogen-bond donors (Lipinski definition) is 3. The van der Waals surface area contributed by atoms with E-state index in [1.165, 1.54) is 17.0 Å². The highest BCUT2D eigenvalue weighted by molar-refractivity contribution is 5.82. The first-order valence-corrected chi connectivity index (χ1v) is 9.25. The van der Waals surface area contributed by atoms with Crippen LogP contribution in [0.15, 0.2) is 54.3 Å². The largest absolute Gasteiger partial charge is 0.506 e. The van der Waals surface area contributed by atoms with Crippen molar-refractivity contribution in [2.24, 2.45) is 0 Å². The van der Waals surface area contributed by atoms with Crippen LogP contribution in [0.25, 0.3) is 16.6 Å². The fourth-order valence-electron chi connectivity index (χ4n) is 3.56. The number of piperazine rings is 1. The molecule has 0 amide bonds. The fraction of sp³-hybridized carbons (Fsp3) is 0.238. The molecule has 0 bridgehead atoms. The van der Waals surface area contributed by atoms with E-state index in [9.17, 15) is 14.8 Å². The van der Waals surface area contributed by atoms with Crippen LogP contribution < -0.4 is 9.80 Å². The second-order valence-corrected chi connectivity index (χ2v) is 6.93. The van der Waals surface area contributed by atoms with Gasteiger partial charge in [-0.05, 0) is 36.4 Å². The lowest BCUT2D eigenvalue weighted by molar-refractivity contribution is -0.897. The SMILES string of the molecule is N#C/C(=C(/O)C[NH+]1CCN(c2ccc(F)cc2)CC1)c1nc2ccccc2[nH]1. The van der Waals surface area contributed by atoms with Gasteiger partial charge in [0, 0.05) is 5.69 Å². The zero-order valence-electron chi connectivity index (χ0n) is 15.3. The number of nitriles is 1. The number of anilines is 1. The van der Waals surface area contributed by atoms with Gasteiger partial charge in [-0.2, -0.15) is 5.26 Å². The standard InChI is InChI=1S/C21H20FN5O/c22-15-5-7-16(8-6-15)27-11-9-26(10-12-27)14-20(28)17(13-23)21-24-18-3-1-2-4-19(18)25-21/h1-8,28H,9-12,14H2,(H,24,25)/p+1/b20-17-. The van der Waals surface area contributed by atoms with Gasteiger partial charge in [-0.25, -0.2) is 9.37 Å². The molecule has 0 spiro atoms. The Kier molecular flexibility index (Phi) is 4.96. The van der Waals surface area contributed by atoms with Crippen LogP contribution in [0.2, 0.25) is 0 Å². The molecule has 142 valence electrons. The predicted molar refractivity (Wildman–Crippen MR) is 105 cm³/mol. The molecule has 6 nitrogen and oxygen atoms in total. The van der Waals surface area contributed by atoms with Crippen molar-refractivity contribution in [2.75, 3.05) is 37.6 Å². The summed E-state index contributed by atoms with van der Waals surface area (Å²) in [5, 5.41) is 20.1. The highest BCUT2D eigenvalue weighted by atomic mass is 19.1. The summed E-state index contributed by atoms with van der Waals surface area (Å²) in [4.78, 5) is 10.9. The van der Waals surface area contributed by atoms with Gasteiger partial charge in [-0.1, -0.05) is 12.1 Å². The quantitative estimate of drug-likeness (QED) is 0.479. The molecule has 7 heteroatoms. The van der Waals surface area contributed by atoms with Crippen LogP contribution in [0.3, 0.4) is 0 Å². The van der Waals surface area contributed by atoms with Crippen molar-refractivity contribution in [3.8, 4) is 6.07 Å². The summed E-state index contributed by atoms with van der Waals surface area (Å²) < 4.78 is 13.1. The molecule has 2 heterocycles. The number of fused-ring (bicyclic) bond motifs is 1. The Bertz CT molecular complexity index is 1010. The van der Waals surface area contributed by atoms with Crippen LogP contribution in [-0.2, 0) is 0 Å². The number of nitrogens with zero attached hydrogens (tertiary/aromatic N) is 3. The second kappa shape index (κ2) is 7.71. The topological polar surface area (TPSA) is 80.4 Å². The summed E-state index contributed by atoms with van der Waals surface area (Å²) in [5.74, 6) is 0.204. The van der Waals surface area contributed by atoms with Crippen LogP contribution in [-0.4, -0.2) is 47.8 Å². The minimum absolute atomic E-state index is 0.0480.